The van der Waals surface area contributed by atoms with E-state index in [1.54, 1.807) is 0 Å². The first-order chi connectivity index (χ1) is 15.5. The molecule has 1 aliphatic rings. The maximum absolute atomic E-state index is 13.3. The van der Waals surface area contributed by atoms with Crippen molar-refractivity contribution < 1.29 is 9.59 Å². The molecule has 0 radical (unpaired) electrons. The number of hydrogen-bond acceptors (Lipinski definition) is 3. The zero-order valence-electron chi connectivity index (χ0n) is 18.8. The molecule has 0 aliphatic carbocycles. The molecular formula is C27H31N3O2. The smallest absolute Gasteiger partial charge is 0.221 e. The number of rotatable bonds is 7. The number of amides is 1. The molecule has 32 heavy (non-hydrogen) atoms. The second-order valence-corrected chi connectivity index (χ2v) is 8.78. The highest BCUT2D eigenvalue weighted by Gasteiger charge is 2.28. The van der Waals surface area contributed by atoms with Gasteiger partial charge < -0.3 is 10.3 Å². The number of piperidine rings is 1. The summed E-state index contributed by atoms with van der Waals surface area (Å²) in [6, 6.07) is 22.8. The Kier molecular flexibility index (Phi) is 6.56. The Bertz CT molecular complexity index is 1050. The van der Waals surface area contributed by atoms with Gasteiger partial charge in [0.2, 0.25) is 5.91 Å². The molecule has 3 aromatic rings. The van der Waals surface area contributed by atoms with Crippen LogP contribution >= 0.6 is 0 Å². The molecule has 1 fully saturated rings. The standard InChI is InChI=1S/C27H31N3O2/c1-19-16-24(25(31)18-29-15-9-14-23(17-29)27(28)32)20(2)30(19)26(21-10-5-3-6-11-21)22-12-7-4-8-13-22/h3-8,10-13,16,23,26H,9,14-15,17-18H2,1-2H3,(H2,28,32). The van der Waals surface area contributed by atoms with E-state index in [2.05, 4.69) is 64.9 Å². The van der Waals surface area contributed by atoms with Crippen LogP contribution in [0.4, 0.5) is 0 Å². The lowest BCUT2D eigenvalue weighted by molar-refractivity contribution is -0.123. The second-order valence-electron chi connectivity index (χ2n) is 8.78. The van der Waals surface area contributed by atoms with Gasteiger partial charge in [-0.15, -0.1) is 0 Å². The summed E-state index contributed by atoms with van der Waals surface area (Å²) in [6.07, 6.45) is 1.70. The number of likely N-dealkylation sites (tertiary alicyclic amines) is 1. The number of nitrogens with two attached hydrogens (primary N) is 1. The predicted molar refractivity (Wildman–Crippen MR) is 127 cm³/mol. The van der Waals surface area contributed by atoms with Gasteiger partial charge in [-0.2, -0.15) is 0 Å². The lowest BCUT2D eigenvalue weighted by atomic mass is 9.97. The highest BCUT2D eigenvalue weighted by molar-refractivity contribution is 5.99. The Labute approximate surface area is 189 Å². The largest absolute Gasteiger partial charge is 0.369 e. The fraction of sp³-hybridized carbons (Fsp3) is 0.333. The van der Waals surface area contributed by atoms with Gasteiger partial charge in [-0.3, -0.25) is 14.5 Å². The van der Waals surface area contributed by atoms with Crippen LogP contribution in [0.15, 0.2) is 66.7 Å². The predicted octanol–water partition coefficient (Wildman–Crippen LogP) is 4.12. The fourth-order valence-corrected chi connectivity index (χ4v) is 4.94. The van der Waals surface area contributed by atoms with Crippen LogP contribution in [0.5, 0.6) is 0 Å². The lowest BCUT2D eigenvalue weighted by Crippen LogP contribution is -2.43. The Balaban J connectivity index is 1.65. The average Bonchev–Trinajstić information content (AvgIpc) is 3.10. The Morgan fingerprint density at radius 1 is 1.00 bits per heavy atom. The first kappa shape index (κ1) is 22.0. The number of aryl methyl sites for hydroxylation is 1. The molecule has 1 aliphatic heterocycles. The molecule has 0 spiro atoms. The lowest BCUT2D eigenvalue weighted by Gasteiger charge is -2.30. The van der Waals surface area contributed by atoms with Gasteiger partial charge in [0.1, 0.15) is 0 Å². The third-order valence-electron chi connectivity index (χ3n) is 6.55. The summed E-state index contributed by atoms with van der Waals surface area (Å²) in [4.78, 5) is 27.0. The van der Waals surface area contributed by atoms with Crippen molar-refractivity contribution in [3.05, 3.63) is 94.8 Å². The number of benzene rings is 2. The molecule has 0 saturated carbocycles. The number of carbonyl (C=O) groups excluding carboxylic acids is 2. The molecule has 1 amide bonds. The van der Waals surface area contributed by atoms with E-state index in [0.717, 1.165) is 36.3 Å². The summed E-state index contributed by atoms with van der Waals surface area (Å²) in [5, 5.41) is 0. The zero-order chi connectivity index (χ0) is 22.7. The summed E-state index contributed by atoms with van der Waals surface area (Å²) in [5.41, 5.74) is 10.6. The highest BCUT2D eigenvalue weighted by atomic mass is 16.1. The monoisotopic (exact) mass is 429 g/mol. The third-order valence-corrected chi connectivity index (χ3v) is 6.55. The molecule has 0 bridgehead atoms. The van der Waals surface area contributed by atoms with E-state index in [-0.39, 0.29) is 23.7 Å². The Morgan fingerprint density at radius 2 is 1.59 bits per heavy atom. The molecule has 4 rings (SSSR count). The molecular weight excluding hydrogens is 398 g/mol. The molecule has 2 N–H and O–H groups in total. The molecule has 166 valence electrons. The number of hydrogen-bond donors (Lipinski definition) is 1. The Hall–Kier alpha value is -3.18. The zero-order valence-corrected chi connectivity index (χ0v) is 18.8. The first-order valence-electron chi connectivity index (χ1n) is 11.3. The van der Waals surface area contributed by atoms with Crippen molar-refractivity contribution in [2.75, 3.05) is 19.6 Å². The minimum atomic E-state index is -0.270. The van der Waals surface area contributed by atoms with Crippen molar-refractivity contribution in [2.45, 2.75) is 32.7 Å². The van der Waals surface area contributed by atoms with Gasteiger partial charge in [0.05, 0.1) is 18.5 Å². The topological polar surface area (TPSA) is 68.3 Å². The molecule has 2 aromatic carbocycles. The molecule has 5 nitrogen and oxygen atoms in total. The number of aromatic nitrogens is 1. The summed E-state index contributed by atoms with van der Waals surface area (Å²) < 4.78 is 2.26. The van der Waals surface area contributed by atoms with Crippen molar-refractivity contribution in [2.24, 2.45) is 11.7 Å². The van der Waals surface area contributed by atoms with Crippen molar-refractivity contribution in [1.82, 2.24) is 9.47 Å². The highest BCUT2D eigenvalue weighted by Crippen LogP contribution is 2.32. The summed E-state index contributed by atoms with van der Waals surface area (Å²) in [5.74, 6) is -0.340. The third kappa shape index (κ3) is 4.53. The SMILES string of the molecule is Cc1cc(C(=O)CN2CCCC(C(N)=O)C2)c(C)n1C(c1ccccc1)c1ccccc1. The van der Waals surface area contributed by atoms with E-state index in [0.29, 0.717) is 13.1 Å². The van der Waals surface area contributed by atoms with E-state index in [1.165, 1.54) is 11.1 Å². The minimum absolute atomic E-state index is 0.00632. The van der Waals surface area contributed by atoms with Crippen LogP contribution in [0.25, 0.3) is 0 Å². The molecule has 1 unspecified atom stereocenters. The van der Waals surface area contributed by atoms with Gasteiger partial charge in [0.15, 0.2) is 5.78 Å². The van der Waals surface area contributed by atoms with Crippen LogP contribution in [0.1, 0.15) is 51.8 Å². The van der Waals surface area contributed by atoms with E-state index in [1.807, 2.05) is 25.1 Å². The summed E-state index contributed by atoms with van der Waals surface area (Å²) in [6.45, 7) is 5.80. The maximum atomic E-state index is 13.3. The molecule has 5 heteroatoms. The number of primary amides is 1. The number of carbonyl (C=O) groups is 2. The van der Waals surface area contributed by atoms with E-state index < -0.39 is 0 Å². The van der Waals surface area contributed by atoms with Crippen LogP contribution in [-0.4, -0.2) is 40.8 Å². The van der Waals surface area contributed by atoms with Gasteiger partial charge >= 0.3 is 0 Å². The van der Waals surface area contributed by atoms with Crippen LogP contribution < -0.4 is 5.73 Å². The van der Waals surface area contributed by atoms with Gasteiger partial charge in [0, 0.05) is 23.5 Å². The minimum Gasteiger partial charge on any atom is -0.369 e. The number of ketones is 1. The van der Waals surface area contributed by atoms with Crippen molar-refractivity contribution in [1.29, 1.82) is 0 Å². The number of Topliss-reactive ketones (excluding diaryl/α,β-unsaturated/α-hetero) is 1. The van der Waals surface area contributed by atoms with Crippen LogP contribution in [-0.2, 0) is 4.79 Å². The summed E-state index contributed by atoms with van der Waals surface area (Å²) in [7, 11) is 0. The normalized spacial score (nSPS) is 16.9. The number of nitrogens with zero attached hydrogens (tertiary/aromatic N) is 2. The second kappa shape index (κ2) is 9.53. The fourth-order valence-electron chi connectivity index (χ4n) is 4.94. The van der Waals surface area contributed by atoms with E-state index >= 15 is 0 Å². The van der Waals surface area contributed by atoms with Gasteiger partial charge in [0.25, 0.3) is 0 Å². The van der Waals surface area contributed by atoms with Crippen molar-refractivity contribution in [3.63, 3.8) is 0 Å². The molecule has 1 aromatic heterocycles. The maximum Gasteiger partial charge on any atom is 0.221 e. The van der Waals surface area contributed by atoms with Crippen LogP contribution in [0.3, 0.4) is 0 Å². The van der Waals surface area contributed by atoms with Crippen LogP contribution in [0.2, 0.25) is 0 Å². The van der Waals surface area contributed by atoms with Gasteiger partial charge in [-0.25, -0.2) is 0 Å². The van der Waals surface area contributed by atoms with Gasteiger partial charge in [-0.05, 0) is 50.4 Å². The Morgan fingerprint density at radius 3 is 2.16 bits per heavy atom. The van der Waals surface area contributed by atoms with Crippen molar-refractivity contribution >= 4 is 11.7 Å². The van der Waals surface area contributed by atoms with E-state index in [9.17, 15) is 9.59 Å². The van der Waals surface area contributed by atoms with Gasteiger partial charge in [-0.1, -0.05) is 60.7 Å². The molecule has 1 saturated heterocycles. The van der Waals surface area contributed by atoms with Crippen molar-refractivity contribution in [3.8, 4) is 0 Å². The quantitative estimate of drug-likeness (QED) is 0.575. The first-order valence-corrected chi connectivity index (χ1v) is 11.3. The average molecular weight is 430 g/mol. The van der Waals surface area contributed by atoms with E-state index in [4.69, 9.17) is 5.73 Å². The van der Waals surface area contributed by atoms with Crippen LogP contribution in [0, 0.1) is 19.8 Å². The molecule has 1 atom stereocenters. The summed E-state index contributed by atoms with van der Waals surface area (Å²) >= 11 is 0. The molecule has 2 heterocycles.